The molecule has 1 aromatic rings. The molecule has 1 heterocycles. The molecule has 0 amide bonds. The predicted molar refractivity (Wildman–Crippen MR) is 74.1 cm³/mol. The van der Waals surface area contributed by atoms with E-state index in [4.69, 9.17) is 4.74 Å². The van der Waals surface area contributed by atoms with Crippen molar-refractivity contribution in [1.29, 1.82) is 0 Å². The van der Waals surface area contributed by atoms with Crippen LogP contribution in [0.5, 0.6) is 0 Å². The molecule has 0 bridgehead atoms. The third kappa shape index (κ3) is 3.64. The van der Waals surface area contributed by atoms with Crippen LogP contribution in [0.25, 0.3) is 0 Å². The quantitative estimate of drug-likeness (QED) is 0.349. The monoisotopic (exact) mass is 347 g/mol. The van der Waals surface area contributed by atoms with Gasteiger partial charge in [0, 0.05) is 6.42 Å². The van der Waals surface area contributed by atoms with Gasteiger partial charge in [-0.05, 0) is 38.8 Å². The van der Waals surface area contributed by atoms with Gasteiger partial charge in [-0.2, -0.15) is 0 Å². The van der Waals surface area contributed by atoms with Crippen molar-refractivity contribution in [2.75, 3.05) is 11.9 Å². The van der Waals surface area contributed by atoms with Gasteiger partial charge in [-0.3, -0.25) is 0 Å². The molecule has 0 aromatic carbocycles. The Morgan fingerprint density at radius 1 is 1.65 bits per heavy atom. The van der Waals surface area contributed by atoms with Gasteiger partial charge >= 0.3 is 11.8 Å². The van der Waals surface area contributed by atoms with Gasteiger partial charge in [0.1, 0.15) is 5.69 Å². The number of esters is 1. The van der Waals surface area contributed by atoms with Gasteiger partial charge in [-0.25, -0.2) is 4.79 Å². The average molecular weight is 348 g/mol. The molecule has 110 valence electrons. The molecule has 1 aromatic heterocycles. The number of hydrogen-bond donors (Lipinski definition) is 2. The number of pyridine rings is 1. The van der Waals surface area contributed by atoms with Crippen LogP contribution >= 0.6 is 15.9 Å². The molecule has 0 radical (unpaired) electrons. The van der Waals surface area contributed by atoms with Crippen LogP contribution < -0.4 is 5.32 Å². The van der Waals surface area contributed by atoms with E-state index in [1.54, 1.807) is 13.8 Å². The molecule has 0 saturated carbocycles. The Kier molecular flexibility index (Phi) is 5.40. The van der Waals surface area contributed by atoms with Gasteiger partial charge in [0.15, 0.2) is 6.20 Å². The molecule has 8 nitrogen and oxygen atoms in total. The number of aliphatic hydroxyl groups is 1. The van der Waals surface area contributed by atoms with E-state index in [0.29, 0.717) is 4.47 Å². The summed E-state index contributed by atoms with van der Waals surface area (Å²) in [7, 11) is 0. The van der Waals surface area contributed by atoms with E-state index in [1.807, 2.05) is 0 Å². The number of carbonyl (C=O) groups excluding carboxylic acids is 1. The van der Waals surface area contributed by atoms with Crippen LogP contribution in [0.2, 0.25) is 0 Å². The fraction of sp³-hybridized carbons (Fsp3) is 0.455. The first-order valence-corrected chi connectivity index (χ1v) is 6.61. The second-order valence-corrected chi connectivity index (χ2v) is 4.76. The van der Waals surface area contributed by atoms with Gasteiger partial charge in [-0.1, -0.05) is 6.92 Å². The largest absolute Gasteiger partial charge is 0.462 e. The van der Waals surface area contributed by atoms with Crippen molar-refractivity contribution >= 4 is 33.4 Å². The Morgan fingerprint density at radius 3 is 2.80 bits per heavy atom. The van der Waals surface area contributed by atoms with Crippen LogP contribution in [-0.4, -0.2) is 33.3 Å². The molecule has 0 aliphatic rings. The van der Waals surface area contributed by atoms with Gasteiger partial charge in [0.05, 0.1) is 11.1 Å². The maximum absolute atomic E-state index is 11.7. The molecule has 20 heavy (non-hydrogen) atoms. The Hall–Kier alpha value is -1.74. The lowest BCUT2D eigenvalue weighted by Gasteiger charge is -2.26. The smallest absolute Gasteiger partial charge is 0.387 e. The minimum atomic E-state index is -2.05. The zero-order chi connectivity index (χ0) is 15.3. The van der Waals surface area contributed by atoms with Crippen LogP contribution in [0.4, 0.5) is 11.5 Å². The fourth-order valence-electron chi connectivity index (χ4n) is 1.43. The van der Waals surface area contributed by atoms with E-state index in [0.717, 1.165) is 0 Å². The van der Waals surface area contributed by atoms with Crippen molar-refractivity contribution in [3.05, 3.63) is 26.9 Å². The van der Waals surface area contributed by atoms with Crippen molar-refractivity contribution < 1.29 is 19.6 Å². The van der Waals surface area contributed by atoms with E-state index in [1.165, 1.54) is 12.3 Å². The molecule has 1 unspecified atom stereocenters. The zero-order valence-corrected chi connectivity index (χ0v) is 12.5. The maximum Gasteiger partial charge on any atom is 0.387 e. The minimum Gasteiger partial charge on any atom is -0.462 e. The summed E-state index contributed by atoms with van der Waals surface area (Å²) < 4.78 is 5.21. The number of halogens is 1. The summed E-state index contributed by atoms with van der Waals surface area (Å²) in [6.07, 6.45) is 1.22. The first-order valence-electron chi connectivity index (χ1n) is 5.81. The maximum atomic E-state index is 11.7. The normalized spacial score (nSPS) is 13.4. The van der Waals surface area contributed by atoms with Gasteiger partial charge in [-0.15, -0.1) is 0 Å². The number of nitro groups is 1. The molecular weight excluding hydrogens is 334 g/mol. The minimum absolute atomic E-state index is 0.0322. The van der Waals surface area contributed by atoms with Crippen molar-refractivity contribution in [3.63, 3.8) is 0 Å². The molecule has 2 N–H and O–H groups in total. The lowest BCUT2D eigenvalue weighted by Crippen LogP contribution is -2.47. The SMILES string of the molecule is CCOC(=O)C(O)(CC)Nc1cc(Br)cnc1[N+](=O)[O-]. The Labute approximate surface area is 123 Å². The van der Waals surface area contributed by atoms with E-state index >= 15 is 0 Å². The molecular formula is C11H14BrN3O5. The molecule has 1 atom stereocenters. The molecule has 0 fully saturated rings. The predicted octanol–water partition coefficient (Wildman–Crippen LogP) is 1.83. The zero-order valence-electron chi connectivity index (χ0n) is 10.9. The summed E-state index contributed by atoms with van der Waals surface area (Å²) in [5.41, 5.74) is -2.13. The van der Waals surface area contributed by atoms with Crippen molar-refractivity contribution in [1.82, 2.24) is 4.98 Å². The summed E-state index contributed by atoms with van der Waals surface area (Å²) in [4.78, 5) is 25.5. The average Bonchev–Trinajstić information content (AvgIpc) is 2.38. The fourth-order valence-corrected chi connectivity index (χ4v) is 1.76. The number of anilines is 1. The first-order chi connectivity index (χ1) is 9.34. The summed E-state index contributed by atoms with van der Waals surface area (Å²) >= 11 is 3.12. The highest BCUT2D eigenvalue weighted by Crippen LogP contribution is 2.28. The Morgan fingerprint density at radius 2 is 2.30 bits per heavy atom. The number of hydrogen-bond acceptors (Lipinski definition) is 7. The van der Waals surface area contributed by atoms with Crippen LogP contribution in [0, 0.1) is 10.1 Å². The molecule has 0 aliphatic carbocycles. The van der Waals surface area contributed by atoms with Crippen LogP contribution in [0.1, 0.15) is 20.3 Å². The lowest BCUT2D eigenvalue weighted by atomic mass is 10.1. The van der Waals surface area contributed by atoms with Crippen molar-refractivity contribution in [2.45, 2.75) is 26.0 Å². The molecule has 0 saturated heterocycles. The van der Waals surface area contributed by atoms with E-state index in [9.17, 15) is 20.0 Å². The highest BCUT2D eigenvalue weighted by atomic mass is 79.9. The number of carbonyl (C=O) groups is 1. The van der Waals surface area contributed by atoms with Crippen LogP contribution in [-0.2, 0) is 9.53 Å². The second-order valence-electron chi connectivity index (χ2n) is 3.84. The lowest BCUT2D eigenvalue weighted by molar-refractivity contribution is -0.388. The van der Waals surface area contributed by atoms with E-state index in [2.05, 4.69) is 26.2 Å². The van der Waals surface area contributed by atoms with Crippen LogP contribution in [0.15, 0.2) is 16.7 Å². The standard InChI is InChI=1S/C11H14BrN3O5/c1-3-11(17,10(16)20-4-2)14-8-5-7(12)6-13-9(8)15(18)19/h5-6,14,17H,3-4H2,1-2H3. The Bertz CT molecular complexity index is 525. The Balaban J connectivity index is 3.15. The number of ether oxygens (including phenoxy) is 1. The molecule has 1 rings (SSSR count). The molecule has 0 aliphatic heterocycles. The van der Waals surface area contributed by atoms with E-state index in [-0.39, 0.29) is 18.7 Å². The molecule has 9 heteroatoms. The second kappa shape index (κ2) is 6.62. The summed E-state index contributed by atoms with van der Waals surface area (Å²) in [6, 6.07) is 1.35. The van der Waals surface area contributed by atoms with Gasteiger partial charge < -0.3 is 25.3 Å². The number of nitrogens with zero attached hydrogens (tertiary/aromatic N) is 2. The number of rotatable bonds is 6. The number of aromatic nitrogens is 1. The van der Waals surface area contributed by atoms with Crippen molar-refractivity contribution in [3.8, 4) is 0 Å². The third-order valence-corrected chi connectivity index (χ3v) is 2.91. The highest BCUT2D eigenvalue weighted by molar-refractivity contribution is 9.10. The number of nitrogens with one attached hydrogen (secondary N) is 1. The highest BCUT2D eigenvalue weighted by Gasteiger charge is 2.37. The van der Waals surface area contributed by atoms with Gasteiger partial charge in [0.25, 0.3) is 0 Å². The van der Waals surface area contributed by atoms with E-state index < -0.39 is 22.4 Å². The first kappa shape index (κ1) is 16.3. The van der Waals surface area contributed by atoms with Gasteiger partial charge in [0.2, 0.25) is 5.72 Å². The topological polar surface area (TPSA) is 115 Å². The summed E-state index contributed by atoms with van der Waals surface area (Å²) in [5.74, 6) is -1.40. The third-order valence-electron chi connectivity index (χ3n) is 2.47. The molecule has 0 spiro atoms. The summed E-state index contributed by atoms with van der Waals surface area (Å²) in [5, 5.41) is 23.5. The van der Waals surface area contributed by atoms with Crippen LogP contribution in [0.3, 0.4) is 0 Å². The summed E-state index contributed by atoms with van der Waals surface area (Å²) in [6.45, 7) is 3.22. The van der Waals surface area contributed by atoms with Crippen molar-refractivity contribution in [2.24, 2.45) is 0 Å².